The number of anilines is 1. The molecule has 0 aliphatic heterocycles. The molecule has 0 fully saturated rings. The van der Waals surface area contributed by atoms with E-state index in [2.05, 4.69) is 17.2 Å². The molecule has 0 bridgehead atoms. The number of thiazole rings is 1. The highest BCUT2D eigenvalue weighted by atomic mass is 35.5. The molecule has 0 atom stereocenters. The molecule has 3 aromatic rings. The third-order valence-electron chi connectivity index (χ3n) is 5.51. The van der Waals surface area contributed by atoms with E-state index in [-0.39, 0.29) is 26.9 Å². The van der Waals surface area contributed by atoms with Crippen LogP contribution in [0.3, 0.4) is 0 Å². The van der Waals surface area contributed by atoms with E-state index in [4.69, 9.17) is 42.5 Å². The van der Waals surface area contributed by atoms with Crippen LogP contribution in [0.5, 0.6) is 5.75 Å². The van der Waals surface area contributed by atoms with Crippen LogP contribution in [0.1, 0.15) is 41.3 Å². The van der Waals surface area contributed by atoms with Gasteiger partial charge < -0.3 is 19.3 Å². The summed E-state index contributed by atoms with van der Waals surface area (Å²) in [6, 6.07) is 8.65. The molecule has 0 aliphatic carbocycles. The largest absolute Gasteiger partial charge is 0.496 e. The van der Waals surface area contributed by atoms with Crippen molar-refractivity contribution in [2.24, 2.45) is 0 Å². The summed E-state index contributed by atoms with van der Waals surface area (Å²) in [5, 5.41) is 14.3. The number of benzene rings is 2. The summed E-state index contributed by atoms with van der Waals surface area (Å²) in [4.78, 5) is 28.7. The van der Waals surface area contributed by atoms with Crippen molar-refractivity contribution in [1.29, 1.82) is 0 Å². The predicted octanol–water partition coefficient (Wildman–Crippen LogP) is 6.81. The molecule has 0 saturated carbocycles. The average Bonchev–Trinajstić information content (AvgIpc) is 3.35. The van der Waals surface area contributed by atoms with E-state index >= 15 is 0 Å². The normalized spacial score (nSPS) is 11.3. The first-order valence-corrected chi connectivity index (χ1v) is 13.4. The minimum atomic E-state index is -1.27. The number of hydrogen-bond acceptors (Lipinski definition) is 7. The molecule has 3 rings (SSSR count). The number of hydrogen-bond donors (Lipinski definition) is 2. The van der Waals surface area contributed by atoms with Gasteiger partial charge in [0.1, 0.15) is 5.75 Å². The molecule has 0 saturated heterocycles. The van der Waals surface area contributed by atoms with E-state index in [1.165, 1.54) is 36.7 Å². The number of carboxylic acid groups (broad SMARTS) is 1. The highest BCUT2D eigenvalue weighted by molar-refractivity contribution is 7.14. The van der Waals surface area contributed by atoms with Crippen LogP contribution in [0.2, 0.25) is 10.0 Å². The molecule has 1 heterocycles. The number of carbonyl (C=O) groups is 2. The molecule has 0 spiro atoms. The number of para-hydroxylation sites is 1. The van der Waals surface area contributed by atoms with Gasteiger partial charge in [0.05, 0.1) is 36.6 Å². The second-order valence-electron chi connectivity index (χ2n) is 8.08. The van der Waals surface area contributed by atoms with Crippen LogP contribution < -0.4 is 10.1 Å². The molecular formula is C27H28Cl2N2O6S. The molecule has 2 N–H and O–H groups in total. The molecule has 11 heteroatoms. The summed E-state index contributed by atoms with van der Waals surface area (Å²) in [6.07, 6.45) is 4.02. The maximum atomic E-state index is 12.9. The predicted molar refractivity (Wildman–Crippen MR) is 151 cm³/mol. The zero-order chi connectivity index (χ0) is 27.7. The first-order valence-electron chi connectivity index (χ1n) is 11.8. The second-order valence-corrected chi connectivity index (χ2v) is 9.75. The monoisotopic (exact) mass is 578 g/mol. The minimum Gasteiger partial charge on any atom is -0.496 e. The van der Waals surface area contributed by atoms with Crippen molar-refractivity contribution in [1.82, 2.24) is 4.98 Å². The number of methoxy groups -OCH3 is 2. The fourth-order valence-corrected chi connectivity index (χ4v) is 4.87. The van der Waals surface area contributed by atoms with E-state index in [1.54, 1.807) is 7.11 Å². The lowest BCUT2D eigenvalue weighted by molar-refractivity contribution is -0.135. The number of nitrogens with zero attached hydrogens (tertiary/aromatic N) is 1. The van der Waals surface area contributed by atoms with Gasteiger partial charge in [-0.1, -0.05) is 48.7 Å². The molecule has 8 nitrogen and oxygen atoms in total. The van der Waals surface area contributed by atoms with E-state index in [9.17, 15) is 9.59 Å². The number of rotatable bonds is 13. The molecule has 1 amide bonds. The summed E-state index contributed by atoms with van der Waals surface area (Å²) < 4.78 is 16.2. The van der Waals surface area contributed by atoms with Crippen molar-refractivity contribution >= 4 is 57.6 Å². The van der Waals surface area contributed by atoms with Crippen molar-refractivity contribution in [3.63, 3.8) is 0 Å². The number of nitrogens with one attached hydrogen (secondary N) is 1. The van der Waals surface area contributed by atoms with E-state index < -0.39 is 11.9 Å². The summed E-state index contributed by atoms with van der Waals surface area (Å²) in [5.74, 6) is -1.37. The van der Waals surface area contributed by atoms with Crippen LogP contribution in [-0.4, -0.2) is 49.4 Å². The fraction of sp³-hybridized carbons (Fsp3) is 0.296. The fourth-order valence-electron chi connectivity index (χ4n) is 3.57. The number of amides is 1. The quantitative estimate of drug-likeness (QED) is 0.130. The van der Waals surface area contributed by atoms with Crippen LogP contribution >= 0.6 is 34.5 Å². The lowest BCUT2D eigenvalue weighted by Gasteiger charge is -2.12. The first kappa shape index (κ1) is 29.4. The van der Waals surface area contributed by atoms with Crippen LogP contribution in [-0.2, 0) is 20.7 Å². The third-order valence-corrected chi connectivity index (χ3v) is 6.89. The van der Waals surface area contributed by atoms with Gasteiger partial charge in [0, 0.05) is 28.7 Å². The van der Waals surface area contributed by atoms with Gasteiger partial charge in [0.15, 0.2) is 5.13 Å². The van der Waals surface area contributed by atoms with E-state index in [0.717, 1.165) is 30.6 Å². The summed E-state index contributed by atoms with van der Waals surface area (Å²) >= 11 is 13.8. The number of halogens is 2. The molecule has 2 aromatic carbocycles. The first-order chi connectivity index (χ1) is 18.3. The zero-order valence-electron chi connectivity index (χ0n) is 21.2. The lowest BCUT2D eigenvalue weighted by Crippen LogP contribution is -2.12. The van der Waals surface area contributed by atoms with Crippen LogP contribution in [0.4, 0.5) is 5.13 Å². The van der Waals surface area contributed by atoms with Crippen LogP contribution in [0.25, 0.3) is 17.3 Å². The van der Waals surface area contributed by atoms with Gasteiger partial charge in [-0.15, -0.1) is 11.3 Å². The van der Waals surface area contributed by atoms with Gasteiger partial charge in [0.25, 0.3) is 5.91 Å². The maximum Gasteiger partial charge on any atom is 0.371 e. The highest BCUT2D eigenvalue weighted by Crippen LogP contribution is 2.35. The number of ether oxygens (including phenoxy) is 3. The molecule has 0 aliphatic rings. The van der Waals surface area contributed by atoms with Gasteiger partial charge in [-0.2, -0.15) is 0 Å². The third kappa shape index (κ3) is 7.48. The van der Waals surface area contributed by atoms with Crippen molar-refractivity contribution in [3.8, 4) is 17.0 Å². The molecule has 1 aromatic heterocycles. The average molecular weight is 580 g/mol. The SMILES string of the molecule is CCCCOCCc1cccc(-c2csc(NC(=O)c3cc(Cl)c(C=C(OC)C(=O)O)c(Cl)c3)n2)c1OC. The van der Waals surface area contributed by atoms with Crippen molar-refractivity contribution in [3.05, 3.63) is 68.2 Å². The van der Waals surface area contributed by atoms with Crippen molar-refractivity contribution in [2.45, 2.75) is 26.2 Å². The number of aromatic nitrogens is 1. The smallest absolute Gasteiger partial charge is 0.371 e. The van der Waals surface area contributed by atoms with Crippen LogP contribution in [0, 0.1) is 0 Å². The Labute approximate surface area is 235 Å². The Morgan fingerprint density at radius 2 is 1.89 bits per heavy atom. The lowest BCUT2D eigenvalue weighted by atomic mass is 10.0. The van der Waals surface area contributed by atoms with Crippen molar-refractivity contribution < 1.29 is 28.9 Å². The Balaban J connectivity index is 1.77. The van der Waals surface area contributed by atoms with Gasteiger partial charge in [-0.05, 0) is 42.7 Å². The summed E-state index contributed by atoms with van der Waals surface area (Å²) in [6.45, 7) is 3.46. The second kappa shape index (κ2) is 14.2. The van der Waals surface area contributed by atoms with Gasteiger partial charge in [0.2, 0.25) is 5.76 Å². The molecule has 0 radical (unpaired) electrons. The maximum absolute atomic E-state index is 12.9. The Morgan fingerprint density at radius 1 is 1.16 bits per heavy atom. The summed E-state index contributed by atoms with van der Waals surface area (Å²) in [5.41, 5.74) is 2.89. The van der Waals surface area contributed by atoms with Gasteiger partial charge >= 0.3 is 5.97 Å². The van der Waals surface area contributed by atoms with Crippen molar-refractivity contribution in [2.75, 3.05) is 32.8 Å². The Kier molecular flexibility index (Phi) is 11.0. The topological polar surface area (TPSA) is 107 Å². The highest BCUT2D eigenvalue weighted by Gasteiger charge is 2.18. The zero-order valence-corrected chi connectivity index (χ0v) is 23.5. The number of aliphatic carboxylic acids is 1. The minimum absolute atomic E-state index is 0.0958. The summed E-state index contributed by atoms with van der Waals surface area (Å²) in [7, 11) is 2.84. The Hall–Kier alpha value is -3.11. The molecule has 38 heavy (non-hydrogen) atoms. The Morgan fingerprint density at radius 3 is 2.53 bits per heavy atom. The number of unbranched alkanes of at least 4 members (excludes halogenated alkanes) is 1. The molecule has 202 valence electrons. The van der Waals surface area contributed by atoms with E-state index in [1.807, 2.05) is 23.6 Å². The van der Waals surface area contributed by atoms with Gasteiger partial charge in [-0.25, -0.2) is 9.78 Å². The molecular weight excluding hydrogens is 551 g/mol. The number of carbonyl (C=O) groups excluding carboxylic acids is 1. The number of carboxylic acids is 1. The van der Waals surface area contributed by atoms with Gasteiger partial charge in [-0.3, -0.25) is 10.1 Å². The molecule has 0 unspecified atom stereocenters. The van der Waals surface area contributed by atoms with Crippen LogP contribution in [0.15, 0.2) is 41.5 Å². The van der Waals surface area contributed by atoms with E-state index in [0.29, 0.717) is 29.6 Å². The Bertz CT molecular complexity index is 1300. The standard InChI is InChI=1S/C27H28Cl2N2O6S/c1-4-5-10-37-11-9-16-7-6-8-18(24(16)36-3)22-15-38-27(30-22)31-25(32)17-12-20(28)19(21(29)13-17)14-23(35-2)26(33)34/h6-8,12-15H,4-5,9-11H2,1-3H3,(H,33,34)(H,30,31,32).